The average molecular weight is 392 g/mol. The van der Waals surface area contributed by atoms with Crippen molar-refractivity contribution in [3.8, 4) is 0 Å². The van der Waals surface area contributed by atoms with Gasteiger partial charge in [-0.05, 0) is 56.2 Å². The maximum Gasteiger partial charge on any atom is 0.251 e. The van der Waals surface area contributed by atoms with E-state index in [9.17, 15) is 9.59 Å². The van der Waals surface area contributed by atoms with Crippen molar-refractivity contribution < 1.29 is 9.59 Å². The van der Waals surface area contributed by atoms with Crippen molar-refractivity contribution in [3.63, 3.8) is 0 Å². The van der Waals surface area contributed by atoms with Gasteiger partial charge in [0, 0.05) is 17.3 Å². The quantitative estimate of drug-likeness (QED) is 0.686. The number of hydrogen-bond donors (Lipinski definition) is 3. The first kappa shape index (κ1) is 18.5. The molecule has 0 spiro atoms. The van der Waals surface area contributed by atoms with Gasteiger partial charge in [-0.1, -0.05) is 29.3 Å². The molecule has 1 fully saturated rings. The van der Waals surface area contributed by atoms with Crippen LogP contribution in [0.1, 0.15) is 30.1 Å². The van der Waals surface area contributed by atoms with Crippen molar-refractivity contribution in [1.82, 2.24) is 5.32 Å². The molecule has 2 aromatic carbocycles. The van der Waals surface area contributed by atoms with Crippen LogP contribution in [0.2, 0.25) is 10.0 Å². The summed E-state index contributed by atoms with van der Waals surface area (Å²) in [4.78, 5) is 24.3. The van der Waals surface area contributed by atoms with Gasteiger partial charge in [-0.15, -0.1) is 0 Å². The molecule has 0 saturated heterocycles. The molecule has 2 amide bonds. The molecule has 26 heavy (non-hydrogen) atoms. The fraction of sp³-hybridized carbons (Fsp3) is 0.263. The third-order valence-corrected chi connectivity index (χ3v) is 4.86. The number of benzene rings is 2. The van der Waals surface area contributed by atoms with Crippen molar-refractivity contribution in [1.29, 1.82) is 0 Å². The molecular formula is C19H19Cl2N3O2. The molecule has 0 bridgehead atoms. The SMILES string of the molecule is CC(Nc1ccc(C(=O)NC2CC2)cc1)C(=O)Nc1cccc(Cl)c1Cl. The molecule has 0 aliphatic heterocycles. The molecule has 1 atom stereocenters. The predicted octanol–water partition coefficient (Wildman–Crippen LogP) is 4.32. The lowest BCUT2D eigenvalue weighted by molar-refractivity contribution is -0.116. The molecule has 0 heterocycles. The van der Waals surface area contributed by atoms with Crippen LogP contribution >= 0.6 is 23.2 Å². The molecule has 1 aliphatic carbocycles. The van der Waals surface area contributed by atoms with E-state index >= 15 is 0 Å². The van der Waals surface area contributed by atoms with E-state index < -0.39 is 6.04 Å². The Labute approximate surface area is 162 Å². The highest BCUT2D eigenvalue weighted by Crippen LogP contribution is 2.29. The lowest BCUT2D eigenvalue weighted by Gasteiger charge is -2.16. The zero-order chi connectivity index (χ0) is 18.7. The van der Waals surface area contributed by atoms with E-state index in [2.05, 4.69) is 16.0 Å². The molecule has 0 radical (unpaired) electrons. The highest BCUT2D eigenvalue weighted by atomic mass is 35.5. The van der Waals surface area contributed by atoms with E-state index in [1.807, 2.05) is 0 Å². The molecule has 2 aromatic rings. The monoisotopic (exact) mass is 391 g/mol. The predicted molar refractivity (Wildman–Crippen MR) is 105 cm³/mol. The maximum absolute atomic E-state index is 12.3. The van der Waals surface area contributed by atoms with Gasteiger partial charge in [0.15, 0.2) is 0 Å². The Hall–Kier alpha value is -2.24. The van der Waals surface area contributed by atoms with Crippen molar-refractivity contribution in [2.75, 3.05) is 10.6 Å². The lowest BCUT2D eigenvalue weighted by Crippen LogP contribution is -2.32. The van der Waals surface area contributed by atoms with E-state index in [-0.39, 0.29) is 11.8 Å². The molecule has 136 valence electrons. The van der Waals surface area contributed by atoms with Crippen LogP contribution in [0.15, 0.2) is 42.5 Å². The van der Waals surface area contributed by atoms with Crippen LogP contribution in [-0.2, 0) is 4.79 Å². The summed E-state index contributed by atoms with van der Waals surface area (Å²) in [6, 6.07) is 11.9. The third kappa shape index (κ3) is 4.68. The minimum atomic E-state index is -0.504. The first-order valence-electron chi connectivity index (χ1n) is 8.36. The molecule has 3 N–H and O–H groups in total. The van der Waals surface area contributed by atoms with Crippen LogP contribution in [0.3, 0.4) is 0 Å². The van der Waals surface area contributed by atoms with Gasteiger partial charge in [0.25, 0.3) is 5.91 Å². The summed E-state index contributed by atoms with van der Waals surface area (Å²) in [7, 11) is 0. The van der Waals surface area contributed by atoms with Crippen molar-refractivity contribution in [2.24, 2.45) is 0 Å². The Morgan fingerprint density at radius 3 is 2.42 bits per heavy atom. The molecule has 1 aliphatic rings. The summed E-state index contributed by atoms with van der Waals surface area (Å²) in [5.41, 5.74) is 1.81. The van der Waals surface area contributed by atoms with Gasteiger partial charge in [0.05, 0.1) is 15.7 Å². The number of carbonyl (C=O) groups is 2. The Balaban J connectivity index is 1.58. The smallest absolute Gasteiger partial charge is 0.251 e. The summed E-state index contributed by atoms with van der Waals surface area (Å²) in [6.45, 7) is 1.74. The largest absolute Gasteiger partial charge is 0.374 e. The average Bonchev–Trinajstić information content (AvgIpc) is 3.43. The number of carbonyl (C=O) groups excluding carboxylic acids is 2. The normalized spacial score (nSPS) is 14.4. The fourth-order valence-corrected chi connectivity index (χ4v) is 2.72. The van der Waals surface area contributed by atoms with Crippen LogP contribution in [0.4, 0.5) is 11.4 Å². The number of anilines is 2. The second kappa shape index (κ2) is 7.98. The number of halogens is 2. The second-order valence-corrected chi connectivity index (χ2v) is 7.07. The minimum absolute atomic E-state index is 0.0690. The summed E-state index contributed by atoms with van der Waals surface area (Å²) in [5, 5.41) is 9.47. The summed E-state index contributed by atoms with van der Waals surface area (Å²) < 4.78 is 0. The summed E-state index contributed by atoms with van der Waals surface area (Å²) in [6.07, 6.45) is 2.10. The van der Waals surface area contributed by atoms with E-state index in [0.29, 0.717) is 27.3 Å². The van der Waals surface area contributed by atoms with Crippen LogP contribution in [0.5, 0.6) is 0 Å². The second-order valence-electron chi connectivity index (χ2n) is 6.28. The highest BCUT2D eigenvalue weighted by Gasteiger charge is 2.23. The van der Waals surface area contributed by atoms with Gasteiger partial charge in [-0.25, -0.2) is 0 Å². The zero-order valence-corrected chi connectivity index (χ0v) is 15.7. The Morgan fingerprint density at radius 1 is 1.08 bits per heavy atom. The van der Waals surface area contributed by atoms with Gasteiger partial charge >= 0.3 is 0 Å². The first-order chi connectivity index (χ1) is 12.4. The van der Waals surface area contributed by atoms with Gasteiger partial charge in [0.2, 0.25) is 5.91 Å². The van der Waals surface area contributed by atoms with Gasteiger partial charge in [0.1, 0.15) is 6.04 Å². The van der Waals surface area contributed by atoms with E-state index in [1.165, 1.54) is 0 Å². The molecule has 1 saturated carbocycles. The van der Waals surface area contributed by atoms with Gasteiger partial charge < -0.3 is 16.0 Å². The summed E-state index contributed by atoms with van der Waals surface area (Å²) in [5.74, 6) is -0.315. The lowest BCUT2D eigenvalue weighted by atomic mass is 10.1. The van der Waals surface area contributed by atoms with Gasteiger partial charge in [-0.3, -0.25) is 9.59 Å². The standard InChI is InChI=1S/C19H19Cl2N3O2/c1-11(18(25)24-16-4-2-3-15(20)17(16)21)22-13-7-5-12(6-8-13)19(26)23-14-9-10-14/h2-8,11,14,22H,9-10H2,1H3,(H,23,26)(H,24,25). The molecule has 5 nitrogen and oxygen atoms in total. The van der Waals surface area contributed by atoms with Crippen LogP contribution in [0, 0.1) is 0 Å². The number of nitrogens with one attached hydrogen (secondary N) is 3. The zero-order valence-electron chi connectivity index (χ0n) is 14.2. The van der Waals surface area contributed by atoms with Crippen LogP contribution in [-0.4, -0.2) is 23.9 Å². The minimum Gasteiger partial charge on any atom is -0.374 e. The van der Waals surface area contributed by atoms with E-state index in [1.54, 1.807) is 49.4 Å². The Morgan fingerprint density at radius 2 is 1.77 bits per heavy atom. The van der Waals surface area contributed by atoms with E-state index in [0.717, 1.165) is 18.5 Å². The molecule has 1 unspecified atom stereocenters. The number of amides is 2. The molecule has 3 rings (SSSR count). The molecule has 0 aromatic heterocycles. The fourth-order valence-electron chi connectivity index (χ4n) is 2.37. The van der Waals surface area contributed by atoms with Crippen molar-refractivity contribution >= 4 is 46.4 Å². The number of hydrogen-bond acceptors (Lipinski definition) is 3. The number of rotatable bonds is 6. The van der Waals surface area contributed by atoms with Crippen molar-refractivity contribution in [2.45, 2.75) is 31.8 Å². The van der Waals surface area contributed by atoms with Gasteiger partial charge in [-0.2, -0.15) is 0 Å². The first-order valence-corrected chi connectivity index (χ1v) is 9.12. The highest BCUT2D eigenvalue weighted by molar-refractivity contribution is 6.44. The Bertz CT molecular complexity index is 820. The van der Waals surface area contributed by atoms with Crippen molar-refractivity contribution in [3.05, 3.63) is 58.1 Å². The van der Waals surface area contributed by atoms with E-state index in [4.69, 9.17) is 23.2 Å². The third-order valence-electron chi connectivity index (χ3n) is 4.05. The maximum atomic E-state index is 12.3. The molecular weight excluding hydrogens is 373 g/mol. The summed E-state index contributed by atoms with van der Waals surface area (Å²) >= 11 is 12.0. The van der Waals surface area contributed by atoms with Crippen LogP contribution in [0.25, 0.3) is 0 Å². The molecule has 7 heteroatoms. The van der Waals surface area contributed by atoms with Crippen LogP contribution < -0.4 is 16.0 Å². The Kier molecular flexibility index (Phi) is 5.69. The topological polar surface area (TPSA) is 70.2 Å².